The molecule has 0 heterocycles. The Balaban J connectivity index is 2.01. The van der Waals surface area contributed by atoms with Gasteiger partial charge in [0.15, 0.2) is 6.10 Å². The van der Waals surface area contributed by atoms with E-state index in [4.69, 9.17) is 10.00 Å². The molecule has 2 aromatic carbocycles. The topological polar surface area (TPSA) is 62.1 Å². The van der Waals surface area contributed by atoms with Crippen molar-refractivity contribution in [2.45, 2.75) is 19.4 Å². The molecule has 1 atom stereocenters. The molecular weight excluding hydrogens is 264 g/mol. The predicted octanol–water partition coefficient (Wildman–Crippen LogP) is 3.35. The summed E-state index contributed by atoms with van der Waals surface area (Å²) in [5.74, 6) is 0.463. The number of benzene rings is 2. The maximum atomic E-state index is 12.2. The molecule has 4 heteroatoms. The van der Waals surface area contributed by atoms with Crippen LogP contribution >= 0.6 is 0 Å². The Morgan fingerprint density at radius 3 is 2.43 bits per heavy atom. The van der Waals surface area contributed by atoms with Gasteiger partial charge in [0.1, 0.15) is 5.75 Å². The Hall–Kier alpha value is -2.80. The van der Waals surface area contributed by atoms with Gasteiger partial charge in [-0.1, -0.05) is 25.1 Å². The van der Waals surface area contributed by atoms with Crippen LogP contribution in [0.15, 0.2) is 54.6 Å². The minimum Gasteiger partial charge on any atom is -0.481 e. The smallest absolute Gasteiger partial charge is 0.265 e. The van der Waals surface area contributed by atoms with Crippen LogP contribution in [0.4, 0.5) is 5.69 Å². The first-order valence-electron chi connectivity index (χ1n) is 6.75. The van der Waals surface area contributed by atoms with Crippen molar-refractivity contribution < 1.29 is 9.53 Å². The van der Waals surface area contributed by atoms with Crippen molar-refractivity contribution in [3.8, 4) is 11.8 Å². The van der Waals surface area contributed by atoms with Crippen LogP contribution in [0, 0.1) is 11.3 Å². The summed E-state index contributed by atoms with van der Waals surface area (Å²) in [5, 5.41) is 11.5. The molecule has 0 fully saturated rings. The molecule has 4 nitrogen and oxygen atoms in total. The molecule has 0 aliphatic rings. The molecule has 1 unspecified atom stereocenters. The van der Waals surface area contributed by atoms with Gasteiger partial charge in [0.25, 0.3) is 5.91 Å². The summed E-state index contributed by atoms with van der Waals surface area (Å²) in [6, 6.07) is 18.0. The van der Waals surface area contributed by atoms with Crippen LogP contribution < -0.4 is 10.1 Å². The van der Waals surface area contributed by atoms with Gasteiger partial charge in [0.05, 0.1) is 11.6 Å². The Kier molecular flexibility index (Phi) is 4.94. The van der Waals surface area contributed by atoms with Crippen LogP contribution in [0.5, 0.6) is 5.75 Å². The molecule has 106 valence electrons. The van der Waals surface area contributed by atoms with E-state index < -0.39 is 6.10 Å². The van der Waals surface area contributed by atoms with Gasteiger partial charge in [-0.2, -0.15) is 5.26 Å². The molecule has 0 bridgehead atoms. The molecule has 2 aromatic rings. The van der Waals surface area contributed by atoms with Crippen LogP contribution in [0.3, 0.4) is 0 Å². The lowest BCUT2D eigenvalue weighted by Crippen LogP contribution is -2.32. The molecule has 0 saturated carbocycles. The van der Waals surface area contributed by atoms with Crippen LogP contribution in [-0.4, -0.2) is 12.0 Å². The summed E-state index contributed by atoms with van der Waals surface area (Å²) >= 11 is 0. The van der Waals surface area contributed by atoms with Gasteiger partial charge in [-0.15, -0.1) is 0 Å². The van der Waals surface area contributed by atoms with Crippen molar-refractivity contribution in [1.82, 2.24) is 0 Å². The largest absolute Gasteiger partial charge is 0.481 e. The van der Waals surface area contributed by atoms with Crippen molar-refractivity contribution in [3.63, 3.8) is 0 Å². The highest BCUT2D eigenvalue weighted by atomic mass is 16.5. The fourth-order valence-corrected chi connectivity index (χ4v) is 1.84. The van der Waals surface area contributed by atoms with Crippen molar-refractivity contribution in [2.24, 2.45) is 0 Å². The molecule has 1 N–H and O–H groups in total. The Morgan fingerprint density at radius 1 is 1.19 bits per heavy atom. The lowest BCUT2D eigenvalue weighted by molar-refractivity contribution is -0.122. The molecule has 0 aliphatic heterocycles. The number of hydrogen-bond donors (Lipinski definition) is 1. The maximum Gasteiger partial charge on any atom is 0.265 e. The Bertz CT molecular complexity index is 630. The summed E-state index contributed by atoms with van der Waals surface area (Å²) < 4.78 is 5.68. The number of para-hydroxylation sites is 1. The quantitative estimate of drug-likeness (QED) is 0.913. The minimum absolute atomic E-state index is 0.203. The van der Waals surface area contributed by atoms with E-state index in [0.717, 1.165) is 0 Å². The zero-order valence-corrected chi connectivity index (χ0v) is 11.7. The molecule has 0 radical (unpaired) electrons. The number of nitriles is 1. The number of carbonyl (C=O) groups is 1. The van der Waals surface area contributed by atoms with Crippen molar-refractivity contribution >= 4 is 11.6 Å². The fourth-order valence-electron chi connectivity index (χ4n) is 1.84. The molecule has 0 aliphatic carbocycles. The van der Waals surface area contributed by atoms with Crippen LogP contribution in [-0.2, 0) is 4.79 Å². The van der Waals surface area contributed by atoms with Gasteiger partial charge in [-0.3, -0.25) is 4.79 Å². The van der Waals surface area contributed by atoms with Crippen molar-refractivity contribution in [3.05, 3.63) is 60.2 Å². The van der Waals surface area contributed by atoms with Gasteiger partial charge < -0.3 is 10.1 Å². The van der Waals surface area contributed by atoms with Gasteiger partial charge in [0, 0.05) is 5.69 Å². The normalized spacial score (nSPS) is 11.2. The Morgan fingerprint density at radius 2 is 1.86 bits per heavy atom. The van der Waals surface area contributed by atoms with E-state index in [2.05, 4.69) is 5.32 Å². The number of rotatable bonds is 5. The lowest BCUT2D eigenvalue weighted by atomic mass is 10.2. The third kappa shape index (κ3) is 4.08. The molecule has 0 aromatic heterocycles. The zero-order chi connectivity index (χ0) is 15.1. The number of carbonyl (C=O) groups excluding carboxylic acids is 1. The molecular formula is C17H16N2O2. The monoisotopic (exact) mass is 280 g/mol. The highest BCUT2D eigenvalue weighted by Gasteiger charge is 2.18. The number of nitrogens with one attached hydrogen (secondary N) is 1. The first kappa shape index (κ1) is 14.6. The van der Waals surface area contributed by atoms with E-state index in [-0.39, 0.29) is 5.91 Å². The van der Waals surface area contributed by atoms with E-state index >= 15 is 0 Å². The van der Waals surface area contributed by atoms with Crippen LogP contribution in [0.1, 0.15) is 18.9 Å². The van der Waals surface area contributed by atoms with E-state index in [1.165, 1.54) is 0 Å². The average molecular weight is 280 g/mol. The maximum absolute atomic E-state index is 12.2. The van der Waals surface area contributed by atoms with Gasteiger partial charge >= 0.3 is 0 Å². The predicted molar refractivity (Wildman–Crippen MR) is 80.9 cm³/mol. The summed E-state index contributed by atoms with van der Waals surface area (Å²) in [7, 11) is 0. The highest BCUT2D eigenvalue weighted by molar-refractivity contribution is 5.94. The fraction of sp³-hybridized carbons (Fsp3) is 0.176. The lowest BCUT2D eigenvalue weighted by Gasteiger charge is -2.17. The zero-order valence-electron chi connectivity index (χ0n) is 11.7. The highest BCUT2D eigenvalue weighted by Crippen LogP contribution is 2.15. The number of amides is 1. The second kappa shape index (κ2) is 7.11. The molecule has 0 spiro atoms. The van der Waals surface area contributed by atoms with E-state index in [0.29, 0.717) is 23.4 Å². The second-order valence-corrected chi connectivity index (χ2v) is 4.51. The number of nitrogens with zero attached hydrogens (tertiary/aromatic N) is 1. The molecule has 2 rings (SSSR count). The third-order valence-corrected chi connectivity index (χ3v) is 2.97. The van der Waals surface area contributed by atoms with Crippen molar-refractivity contribution in [1.29, 1.82) is 5.26 Å². The van der Waals surface area contributed by atoms with Crippen LogP contribution in [0.2, 0.25) is 0 Å². The standard InChI is InChI=1S/C17H16N2O2/c1-2-16(21-15-6-4-3-5-7-15)17(20)19-14-10-8-13(12-18)9-11-14/h3-11,16H,2H2,1H3,(H,19,20). The first-order valence-corrected chi connectivity index (χ1v) is 6.75. The van der Waals surface area contributed by atoms with Gasteiger partial charge in [0.2, 0.25) is 0 Å². The SMILES string of the molecule is CCC(Oc1ccccc1)C(=O)Nc1ccc(C#N)cc1. The van der Waals surface area contributed by atoms with E-state index in [1.807, 2.05) is 43.3 Å². The summed E-state index contributed by atoms with van der Waals surface area (Å²) in [4.78, 5) is 12.2. The van der Waals surface area contributed by atoms with E-state index in [9.17, 15) is 4.79 Å². The summed E-state index contributed by atoms with van der Waals surface area (Å²) in [6.45, 7) is 1.89. The summed E-state index contributed by atoms with van der Waals surface area (Å²) in [5.41, 5.74) is 1.20. The molecule has 0 saturated heterocycles. The van der Waals surface area contributed by atoms with Crippen LogP contribution in [0.25, 0.3) is 0 Å². The second-order valence-electron chi connectivity index (χ2n) is 4.51. The molecule has 1 amide bonds. The van der Waals surface area contributed by atoms with Gasteiger partial charge in [-0.05, 0) is 42.8 Å². The van der Waals surface area contributed by atoms with E-state index in [1.54, 1.807) is 24.3 Å². The third-order valence-electron chi connectivity index (χ3n) is 2.97. The van der Waals surface area contributed by atoms with Crippen molar-refractivity contribution in [2.75, 3.05) is 5.32 Å². The number of hydrogen-bond acceptors (Lipinski definition) is 3. The Labute approximate surface area is 124 Å². The first-order chi connectivity index (χ1) is 10.2. The minimum atomic E-state index is -0.553. The average Bonchev–Trinajstić information content (AvgIpc) is 2.54. The number of ether oxygens (including phenoxy) is 1. The van der Waals surface area contributed by atoms with Gasteiger partial charge in [-0.25, -0.2) is 0 Å². The molecule has 21 heavy (non-hydrogen) atoms. The summed E-state index contributed by atoms with van der Waals surface area (Å²) in [6.07, 6.45) is 0.0137. The number of anilines is 1.